The van der Waals surface area contributed by atoms with E-state index >= 15 is 0 Å². The first-order chi connectivity index (χ1) is 13.0. The second-order valence-electron chi connectivity index (χ2n) is 7.21. The number of hydrogen-bond donors (Lipinski definition) is 1. The van der Waals surface area contributed by atoms with Crippen LogP contribution < -0.4 is 5.32 Å². The van der Waals surface area contributed by atoms with E-state index in [1.165, 1.54) is 10.5 Å². The van der Waals surface area contributed by atoms with Crippen molar-refractivity contribution < 1.29 is 14.0 Å². The van der Waals surface area contributed by atoms with E-state index in [4.69, 9.17) is 16.0 Å². The lowest BCUT2D eigenvalue weighted by Crippen LogP contribution is -2.50. The molecule has 1 saturated carbocycles. The summed E-state index contributed by atoms with van der Waals surface area (Å²) in [6.45, 7) is 2.23. The maximum absolute atomic E-state index is 12.6. The Labute approximate surface area is 162 Å². The van der Waals surface area contributed by atoms with Crippen LogP contribution in [0.2, 0.25) is 5.02 Å². The molecular formula is C19H21ClN4O3. The zero-order valence-electron chi connectivity index (χ0n) is 15.0. The highest BCUT2D eigenvalue weighted by Crippen LogP contribution is 2.37. The molecule has 2 heterocycles. The highest BCUT2D eigenvalue weighted by molar-refractivity contribution is 6.35. The summed E-state index contributed by atoms with van der Waals surface area (Å²) in [5, 5.41) is 11.4. The van der Waals surface area contributed by atoms with Gasteiger partial charge in [-0.05, 0) is 49.3 Å². The molecule has 2 aliphatic rings. The van der Waals surface area contributed by atoms with Crippen molar-refractivity contribution in [1.82, 2.24) is 20.4 Å². The minimum atomic E-state index is -0.558. The van der Waals surface area contributed by atoms with E-state index < -0.39 is 11.8 Å². The molecule has 1 aromatic heterocycles. The van der Waals surface area contributed by atoms with Gasteiger partial charge < -0.3 is 14.6 Å². The van der Waals surface area contributed by atoms with E-state index in [1.807, 2.05) is 24.3 Å². The number of rotatable bonds is 3. The quantitative estimate of drug-likeness (QED) is 0.817. The Morgan fingerprint density at radius 2 is 1.96 bits per heavy atom. The molecule has 142 valence electrons. The van der Waals surface area contributed by atoms with E-state index in [9.17, 15) is 9.59 Å². The fourth-order valence-electron chi connectivity index (χ4n) is 3.83. The summed E-state index contributed by atoms with van der Waals surface area (Å²) in [5.41, 5.74) is 1.21. The first-order valence-corrected chi connectivity index (χ1v) is 9.56. The molecular weight excluding hydrogens is 368 g/mol. The standard InChI is InChI=1S/C19H21ClN4O3/c1-11-22-23-18(27-11)16-3-2-8-24(16)19(26)17(25)21-15-9-13(10-15)12-4-6-14(20)7-5-12/h4-7,13,15-16H,2-3,8-10H2,1H3,(H,21,25)/t13?,15?,16-/m0/s1. The van der Waals surface area contributed by atoms with Gasteiger partial charge in [0.25, 0.3) is 0 Å². The minimum absolute atomic E-state index is 0.0221. The van der Waals surface area contributed by atoms with Crippen molar-refractivity contribution in [2.75, 3.05) is 6.54 Å². The monoisotopic (exact) mass is 388 g/mol. The molecule has 8 heteroatoms. The summed E-state index contributed by atoms with van der Waals surface area (Å²) in [7, 11) is 0. The third-order valence-corrected chi connectivity index (χ3v) is 5.60. The molecule has 1 aromatic carbocycles. The van der Waals surface area contributed by atoms with Crippen molar-refractivity contribution in [2.45, 2.75) is 50.6 Å². The van der Waals surface area contributed by atoms with Gasteiger partial charge in [-0.3, -0.25) is 9.59 Å². The lowest BCUT2D eigenvalue weighted by molar-refractivity contribution is -0.147. The van der Waals surface area contributed by atoms with Gasteiger partial charge in [0.2, 0.25) is 11.8 Å². The molecule has 0 spiro atoms. The maximum atomic E-state index is 12.6. The highest BCUT2D eigenvalue weighted by Gasteiger charge is 2.38. The summed E-state index contributed by atoms with van der Waals surface area (Å²) in [6.07, 6.45) is 3.19. The minimum Gasteiger partial charge on any atom is -0.423 e. The fraction of sp³-hybridized carbons (Fsp3) is 0.474. The Bertz CT molecular complexity index is 845. The number of nitrogens with zero attached hydrogens (tertiary/aromatic N) is 3. The van der Waals surface area contributed by atoms with Crippen molar-refractivity contribution in [3.63, 3.8) is 0 Å². The molecule has 1 saturated heterocycles. The summed E-state index contributed by atoms with van der Waals surface area (Å²) in [6, 6.07) is 7.48. The molecule has 0 unspecified atom stereocenters. The topological polar surface area (TPSA) is 88.3 Å². The third-order valence-electron chi connectivity index (χ3n) is 5.35. The molecule has 1 aliphatic carbocycles. The smallest absolute Gasteiger partial charge is 0.312 e. The molecule has 1 atom stereocenters. The van der Waals surface area contributed by atoms with E-state index in [0.717, 1.165) is 25.7 Å². The van der Waals surface area contributed by atoms with Crippen molar-refractivity contribution in [3.8, 4) is 0 Å². The van der Waals surface area contributed by atoms with Gasteiger partial charge in [-0.2, -0.15) is 0 Å². The molecule has 2 amide bonds. The summed E-state index contributed by atoms with van der Waals surface area (Å²) >= 11 is 5.92. The Kier molecular flexibility index (Phi) is 4.86. The number of aromatic nitrogens is 2. The van der Waals surface area contributed by atoms with Gasteiger partial charge in [0, 0.05) is 24.5 Å². The number of likely N-dealkylation sites (tertiary alicyclic amines) is 1. The first-order valence-electron chi connectivity index (χ1n) is 9.18. The molecule has 0 bridgehead atoms. The zero-order valence-corrected chi connectivity index (χ0v) is 15.8. The van der Waals surface area contributed by atoms with E-state index in [0.29, 0.717) is 29.3 Å². The zero-order chi connectivity index (χ0) is 19.0. The van der Waals surface area contributed by atoms with Gasteiger partial charge >= 0.3 is 11.8 Å². The summed E-state index contributed by atoms with van der Waals surface area (Å²) in [4.78, 5) is 26.6. The fourth-order valence-corrected chi connectivity index (χ4v) is 3.96. The van der Waals surface area contributed by atoms with Gasteiger partial charge in [-0.25, -0.2) is 0 Å². The third kappa shape index (κ3) is 3.69. The van der Waals surface area contributed by atoms with Gasteiger partial charge in [0.1, 0.15) is 6.04 Å². The summed E-state index contributed by atoms with van der Waals surface area (Å²) in [5.74, 6) is 0.165. The summed E-state index contributed by atoms with van der Waals surface area (Å²) < 4.78 is 5.46. The Morgan fingerprint density at radius 3 is 2.63 bits per heavy atom. The predicted octanol–water partition coefficient (Wildman–Crippen LogP) is 2.76. The number of carbonyl (C=O) groups is 2. The van der Waals surface area contributed by atoms with E-state index in [-0.39, 0.29) is 12.1 Å². The van der Waals surface area contributed by atoms with Crippen LogP contribution in [0.15, 0.2) is 28.7 Å². The average Bonchev–Trinajstić information content (AvgIpc) is 3.26. The number of aryl methyl sites for hydroxylation is 1. The molecule has 1 N–H and O–H groups in total. The van der Waals surface area contributed by atoms with Crippen LogP contribution in [0.5, 0.6) is 0 Å². The number of nitrogens with one attached hydrogen (secondary N) is 1. The highest BCUT2D eigenvalue weighted by atomic mass is 35.5. The van der Waals surface area contributed by atoms with Gasteiger partial charge in [0.15, 0.2) is 0 Å². The predicted molar refractivity (Wildman–Crippen MR) is 98.1 cm³/mol. The lowest BCUT2D eigenvalue weighted by atomic mass is 9.76. The second-order valence-corrected chi connectivity index (χ2v) is 7.64. The normalized spacial score (nSPS) is 24.5. The van der Waals surface area contributed by atoms with E-state index in [1.54, 1.807) is 6.92 Å². The van der Waals surface area contributed by atoms with Gasteiger partial charge in [-0.1, -0.05) is 23.7 Å². The molecule has 0 radical (unpaired) electrons. The van der Waals surface area contributed by atoms with Crippen molar-refractivity contribution in [2.24, 2.45) is 0 Å². The first kappa shape index (κ1) is 18.0. The molecule has 1 aliphatic heterocycles. The Morgan fingerprint density at radius 1 is 1.22 bits per heavy atom. The Balaban J connectivity index is 1.32. The lowest BCUT2D eigenvalue weighted by Gasteiger charge is -2.36. The van der Waals surface area contributed by atoms with E-state index in [2.05, 4.69) is 15.5 Å². The van der Waals surface area contributed by atoms with Crippen LogP contribution in [-0.4, -0.2) is 39.5 Å². The van der Waals surface area contributed by atoms with Crippen molar-refractivity contribution >= 4 is 23.4 Å². The number of carbonyl (C=O) groups excluding carboxylic acids is 2. The molecule has 27 heavy (non-hydrogen) atoms. The molecule has 2 fully saturated rings. The van der Waals surface area contributed by atoms with Crippen LogP contribution >= 0.6 is 11.6 Å². The number of hydrogen-bond acceptors (Lipinski definition) is 5. The van der Waals surface area contributed by atoms with Crippen LogP contribution in [0.3, 0.4) is 0 Å². The molecule has 4 rings (SSSR count). The van der Waals surface area contributed by atoms with Crippen LogP contribution in [0, 0.1) is 6.92 Å². The maximum Gasteiger partial charge on any atom is 0.312 e. The van der Waals surface area contributed by atoms with Gasteiger partial charge in [0.05, 0.1) is 0 Å². The van der Waals surface area contributed by atoms with Crippen molar-refractivity contribution in [1.29, 1.82) is 0 Å². The Hall–Kier alpha value is -2.41. The van der Waals surface area contributed by atoms with Crippen LogP contribution in [0.4, 0.5) is 0 Å². The largest absolute Gasteiger partial charge is 0.423 e. The van der Waals surface area contributed by atoms with Crippen LogP contribution in [-0.2, 0) is 9.59 Å². The average molecular weight is 389 g/mol. The SMILES string of the molecule is Cc1nnc([C@@H]2CCCN2C(=O)C(=O)NC2CC(c3ccc(Cl)cc3)C2)o1. The number of halogens is 1. The molecule has 7 nitrogen and oxygen atoms in total. The van der Waals surface area contributed by atoms with Gasteiger partial charge in [-0.15, -0.1) is 10.2 Å². The van der Waals surface area contributed by atoms with Crippen LogP contribution in [0.1, 0.15) is 55.0 Å². The number of amides is 2. The molecule has 2 aromatic rings. The second kappa shape index (κ2) is 7.31. The van der Waals surface area contributed by atoms with Crippen LogP contribution in [0.25, 0.3) is 0 Å². The van der Waals surface area contributed by atoms with Crippen molar-refractivity contribution in [3.05, 3.63) is 46.6 Å². The number of benzene rings is 1.